The first-order valence-electron chi connectivity index (χ1n) is 17.3. The Morgan fingerprint density at radius 3 is 2.69 bits per heavy atom. The van der Waals surface area contributed by atoms with Crippen molar-refractivity contribution < 1.29 is 18.5 Å². The highest BCUT2D eigenvalue weighted by Gasteiger charge is 2.52. The summed E-state index contributed by atoms with van der Waals surface area (Å²) in [6, 6.07) is 11.8. The number of nitrogens with zero attached hydrogens (tertiary/aromatic N) is 3. The lowest BCUT2D eigenvalue weighted by Crippen LogP contribution is -2.52. The van der Waals surface area contributed by atoms with Gasteiger partial charge in [0.2, 0.25) is 0 Å². The highest BCUT2D eigenvalue weighted by atomic mass is 35.5. The number of hydrogen-bond donors (Lipinski definition) is 1. The second-order valence-corrected chi connectivity index (χ2v) is 17.9. The summed E-state index contributed by atoms with van der Waals surface area (Å²) in [5, 5.41) is 0.905. The van der Waals surface area contributed by atoms with Crippen LogP contribution in [0.25, 0.3) is 0 Å². The lowest BCUT2D eigenvalue weighted by Gasteiger charge is -2.50. The minimum Gasteiger partial charge on any atom is -0.490 e. The van der Waals surface area contributed by atoms with Gasteiger partial charge in [0.1, 0.15) is 22.3 Å². The summed E-state index contributed by atoms with van der Waals surface area (Å²) < 4.78 is 31.9. The molecule has 7 atom stereocenters. The van der Waals surface area contributed by atoms with Crippen LogP contribution in [0, 0.1) is 17.8 Å². The predicted molar refractivity (Wildman–Crippen MR) is 198 cm³/mol. The SMILES string of the molecule is C=S1(=O)NC(=O)c2ccc3c(c2)N(C[C@@H]2CC[C@H]2[C@@](OC)(c2ncc(Cl)n2C)/C=C/C[C@H](C)[C@H]1C)C[C@@]1(CCCc2cc(Cl)ccc21)CO3. The van der Waals surface area contributed by atoms with Crippen LogP contribution in [0.1, 0.15) is 73.3 Å². The Balaban J connectivity index is 1.37. The van der Waals surface area contributed by atoms with Gasteiger partial charge in [-0.1, -0.05) is 42.3 Å². The zero-order valence-electron chi connectivity index (χ0n) is 28.7. The second kappa shape index (κ2) is 13.0. The number of allylic oxidation sites excluding steroid dienone is 1. The number of anilines is 1. The molecule has 1 spiro atoms. The number of benzene rings is 2. The molecule has 2 aliphatic heterocycles. The number of methoxy groups -OCH3 is 1. The van der Waals surface area contributed by atoms with E-state index in [9.17, 15) is 9.00 Å². The van der Waals surface area contributed by atoms with Crippen LogP contribution in [-0.4, -0.2) is 57.6 Å². The van der Waals surface area contributed by atoms with Gasteiger partial charge >= 0.3 is 0 Å². The van der Waals surface area contributed by atoms with Crippen LogP contribution in [0.5, 0.6) is 5.75 Å². The van der Waals surface area contributed by atoms with Gasteiger partial charge in [0.05, 0.1) is 28.2 Å². The van der Waals surface area contributed by atoms with E-state index in [0.717, 1.165) is 60.9 Å². The summed E-state index contributed by atoms with van der Waals surface area (Å²) in [4.78, 5) is 21.0. The fourth-order valence-corrected chi connectivity index (χ4v) is 10.5. The molecular weight excluding hydrogens is 679 g/mol. The van der Waals surface area contributed by atoms with Crippen molar-refractivity contribution in [2.75, 3.05) is 31.7 Å². The number of nitrogens with one attached hydrogen (secondary N) is 1. The summed E-state index contributed by atoms with van der Waals surface area (Å²) in [5.41, 5.74) is 2.75. The lowest BCUT2D eigenvalue weighted by atomic mass is 9.63. The standard InChI is InChI=1S/C38H46Cl2N4O4S/c1-24-8-6-17-38(47-4,36-41-20-34(40)43(36)3)31-13-10-28(31)21-44-22-37(16-7-9-26-18-29(39)12-14-30(26)37)23-48-33-15-11-27(19-32(33)44)35(45)42-49(5,46)25(24)2/h6,11-12,14-15,17-20,24-25,28,31H,5,7-10,13,16,21-23H2,1-4H3,(H,42,45,46)/b17-6+/t24-,25+,28-,31+,37-,38+,49?/m0/s1. The van der Waals surface area contributed by atoms with Crippen molar-refractivity contribution >= 4 is 50.4 Å². The normalized spacial score (nSPS) is 33.8. The van der Waals surface area contributed by atoms with Crippen LogP contribution in [0.3, 0.4) is 0 Å². The summed E-state index contributed by atoms with van der Waals surface area (Å²) >= 11 is 13.1. The van der Waals surface area contributed by atoms with Crippen molar-refractivity contribution in [1.29, 1.82) is 0 Å². The molecule has 1 fully saturated rings. The van der Waals surface area contributed by atoms with Crippen LogP contribution in [-0.2, 0) is 38.9 Å². The molecule has 2 aromatic carbocycles. The molecule has 1 amide bonds. The number of ether oxygens (including phenoxy) is 2. The summed E-state index contributed by atoms with van der Waals surface area (Å²) in [7, 11) is 0.694. The molecule has 8 nitrogen and oxygen atoms in total. The molecule has 7 rings (SSSR count). The van der Waals surface area contributed by atoms with Crippen LogP contribution >= 0.6 is 23.2 Å². The maximum absolute atomic E-state index is 14.0. The van der Waals surface area contributed by atoms with E-state index in [1.54, 1.807) is 19.4 Å². The zero-order chi connectivity index (χ0) is 34.7. The number of hydrogen-bond acceptors (Lipinski definition) is 6. The van der Waals surface area contributed by atoms with Gasteiger partial charge in [0.25, 0.3) is 5.91 Å². The average Bonchev–Trinajstić information content (AvgIpc) is 3.32. The highest BCUT2D eigenvalue weighted by molar-refractivity contribution is 7.99. The van der Waals surface area contributed by atoms with E-state index in [1.165, 1.54) is 11.1 Å². The van der Waals surface area contributed by atoms with Gasteiger partial charge in [0.15, 0.2) is 0 Å². The van der Waals surface area contributed by atoms with E-state index in [1.807, 2.05) is 43.7 Å². The molecule has 1 N–H and O–H groups in total. The molecule has 2 bridgehead atoms. The molecule has 0 saturated heterocycles. The van der Waals surface area contributed by atoms with Crippen molar-refractivity contribution in [3.05, 3.63) is 87.4 Å². The van der Waals surface area contributed by atoms with Crippen molar-refractivity contribution in [3.8, 4) is 5.75 Å². The highest BCUT2D eigenvalue weighted by Crippen LogP contribution is 2.52. The number of imidazole rings is 1. The summed E-state index contributed by atoms with van der Waals surface area (Å²) in [6.07, 6.45) is 11.5. The molecule has 49 heavy (non-hydrogen) atoms. The number of carbonyl (C=O) groups excluding carboxylic acids is 1. The molecule has 1 unspecified atom stereocenters. The number of aryl methyl sites for hydroxylation is 1. The first-order chi connectivity index (χ1) is 23.4. The quantitative estimate of drug-likeness (QED) is 0.224. The largest absolute Gasteiger partial charge is 0.490 e. The third-order valence-corrected chi connectivity index (χ3v) is 14.7. The Labute approximate surface area is 300 Å². The maximum Gasteiger partial charge on any atom is 0.262 e. The molecular formula is C38H46Cl2N4O4S. The molecule has 4 aliphatic rings. The maximum atomic E-state index is 14.0. The molecule has 2 aliphatic carbocycles. The molecule has 3 aromatic rings. The number of fused-ring (bicyclic) bond motifs is 4. The zero-order valence-corrected chi connectivity index (χ0v) is 31.0. The van der Waals surface area contributed by atoms with Crippen molar-refractivity contribution in [1.82, 2.24) is 14.3 Å². The minimum absolute atomic E-state index is 0.0356. The molecule has 262 valence electrons. The Kier molecular flexibility index (Phi) is 9.12. The lowest BCUT2D eigenvalue weighted by molar-refractivity contribution is -0.0874. The average molecular weight is 726 g/mol. The van der Waals surface area contributed by atoms with E-state index >= 15 is 0 Å². The van der Waals surface area contributed by atoms with Crippen molar-refractivity contribution in [2.24, 2.45) is 24.8 Å². The molecule has 1 saturated carbocycles. The number of aromatic nitrogens is 2. The van der Waals surface area contributed by atoms with Gasteiger partial charge in [-0.25, -0.2) is 9.19 Å². The monoisotopic (exact) mass is 724 g/mol. The minimum atomic E-state index is -2.99. The van der Waals surface area contributed by atoms with Gasteiger partial charge in [-0.15, -0.1) is 0 Å². The van der Waals surface area contributed by atoms with Crippen LogP contribution in [0.15, 0.2) is 54.7 Å². The third-order valence-electron chi connectivity index (χ3n) is 11.9. The second-order valence-electron chi connectivity index (χ2n) is 14.7. The van der Waals surface area contributed by atoms with Crippen molar-refractivity contribution in [2.45, 2.75) is 68.6 Å². The fourth-order valence-electron chi connectivity index (χ4n) is 8.65. The van der Waals surface area contributed by atoms with Gasteiger partial charge in [-0.05, 0) is 111 Å². The summed E-state index contributed by atoms with van der Waals surface area (Å²) in [5.74, 6) is 5.44. The third kappa shape index (κ3) is 5.98. The number of rotatable bonds is 2. The smallest absolute Gasteiger partial charge is 0.262 e. The Hall–Kier alpha value is -2.98. The van der Waals surface area contributed by atoms with E-state index < -0.39 is 21.2 Å². The van der Waals surface area contributed by atoms with E-state index in [4.69, 9.17) is 37.7 Å². The van der Waals surface area contributed by atoms with E-state index in [-0.39, 0.29) is 28.4 Å². The number of carbonyl (C=O) groups is 1. The number of halogens is 2. The van der Waals surface area contributed by atoms with Gasteiger partial charge < -0.3 is 18.9 Å². The van der Waals surface area contributed by atoms with E-state index in [2.05, 4.69) is 39.8 Å². The van der Waals surface area contributed by atoms with Gasteiger partial charge in [0, 0.05) is 54.4 Å². The first kappa shape index (κ1) is 34.5. The van der Waals surface area contributed by atoms with Crippen molar-refractivity contribution in [3.63, 3.8) is 0 Å². The van der Waals surface area contributed by atoms with Gasteiger partial charge in [-0.2, -0.15) is 0 Å². The summed E-state index contributed by atoms with van der Waals surface area (Å²) in [6.45, 7) is 5.89. The Morgan fingerprint density at radius 1 is 1.16 bits per heavy atom. The molecule has 11 heteroatoms. The van der Waals surface area contributed by atoms with E-state index in [0.29, 0.717) is 30.3 Å². The molecule has 3 heterocycles. The van der Waals surface area contributed by atoms with Crippen LogP contribution in [0.2, 0.25) is 10.2 Å². The molecule has 0 radical (unpaired) electrons. The topological polar surface area (TPSA) is 85.7 Å². The predicted octanol–water partition coefficient (Wildman–Crippen LogP) is 7.11. The number of amides is 1. The molecule has 1 aromatic heterocycles. The first-order valence-corrected chi connectivity index (χ1v) is 19.8. The van der Waals surface area contributed by atoms with Crippen LogP contribution < -0.4 is 14.4 Å². The fraction of sp³-hybridized carbons (Fsp3) is 0.500. The van der Waals surface area contributed by atoms with Crippen LogP contribution in [0.4, 0.5) is 5.69 Å². The Bertz CT molecular complexity index is 1910. The van der Waals surface area contributed by atoms with Gasteiger partial charge in [-0.3, -0.25) is 9.52 Å². The Morgan fingerprint density at radius 2 is 1.98 bits per heavy atom.